The number of nitrogens with zero attached hydrogens (tertiary/aromatic N) is 4. The molecule has 1 aliphatic heterocycles. The van der Waals surface area contributed by atoms with Crippen molar-refractivity contribution in [3.63, 3.8) is 0 Å². The molecule has 0 aliphatic carbocycles. The second-order valence-corrected chi connectivity index (χ2v) is 6.51. The van der Waals surface area contributed by atoms with E-state index >= 15 is 0 Å². The third-order valence-electron chi connectivity index (χ3n) is 4.40. The van der Waals surface area contributed by atoms with Gasteiger partial charge in [-0.25, -0.2) is 0 Å². The van der Waals surface area contributed by atoms with E-state index in [9.17, 15) is 20.2 Å². The summed E-state index contributed by atoms with van der Waals surface area (Å²) < 4.78 is 0. The summed E-state index contributed by atoms with van der Waals surface area (Å²) in [6.45, 7) is 3.51. The van der Waals surface area contributed by atoms with Crippen molar-refractivity contribution in [2.24, 2.45) is 0 Å². The molecule has 0 amide bonds. The zero-order chi connectivity index (χ0) is 18.7. The van der Waals surface area contributed by atoms with E-state index in [1.54, 1.807) is 0 Å². The van der Waals surface area contributed by atoms with Crippen molar-refractivity contribution < 1.29 is 9.85 Å². The van der Waals surface area contributed by atoms with Crippen molar-refractivity contribution in [2.45, 2.75) is 6.54 Å². The Balaban J connectivity index is 1.68. The monoisotopic (exact) mass is 376 g/mol. The second kappa shape index (κ2) is 7.67. The molecule has 0 bridgehead atoms. The van der Waals surface area contributed by atoms with Gasteiger partial charge >= 0.3 is 0 Å². The third-order valence-corrected chi connectivity index (χ3v) is 4.65. The van der Waals surface area contributed by atoms with Gasteiger partial charge in [-0.3, -0.25) is 25.1 Å². The Kier molecular flexibility index (Phi) is 5.34. The summed E-state index contributed by atoms with van der Waals surface area (Å²) in [5.41, 5.74) is 1.07. The summed E-state index contributed by atoms with van der Waals surface area (Å²) in [5.74, 6) is 0. The van der Waals surface area contributed by atoms with E-state index in [2.05, 4.69) is 4.90 Å². The predicted octanol–water partition coefficient (Wildman–Crippen LogP) is 3.48. The van der Waals surface area contributed by atoms with Gasteiger partial charge in [-0.2, -0.15) is 0 Å². The van der Waals surface area contributed by atoms with E-state index in [-0.39, 0.29) is 11.4 Å². The maximum Gasteiger partial charge on any atom is 0.299 e. The van der Waals surface area contributed by atoms with Gasteiger partial charge in [-0.1, -0.05) is 23.7 Å². The number of nitro groups is 2. The molecule has 0 radical (unpaired) electrons. The number of benzene rings is 2. The zero-order valence-electron chi connectivity index (χ0n) is 13.9. The Hall–Kier alpha value is -2.71. The first-order chi connectivity index (χ1) is 12.4. The van der Waals surface area contributed by atoms with Crippen molar-refractivity contribution in [3.05, 3.63) is 73.3 Å². The standard InChI is InChI=1S/C17H17ClN4O4/c18-14-3-1-13(2-4-14)12-19-7-9-20(10-8-19)16-6-5-15(21(23)24)11-17(16)22(25)26/h1-6,11H,7-10,12H2. The number of non-ortho nitro benzene ring substituents is 1. The van der Waals surface area contributed by atoms with Crippen LogP contribution in [0.3, 0.4) is 0 Å². The van der Waals surface area contributed by atoms with Gasteiger partial charge in [0, 0.05) is 43.8 Å². The highest BCUT2D eigenvalue weighted by atomic mass is 35.5. The second-order valence-electron chi connectivity index (χ2n) is 6.08. The Morgan fingerprint density at radius 1 is 0.923 bits per heavy atom. The number of hydrogen-bond donors (Lipinski definition) is 0. The minimum absolute atomic E-state index is 0.231. The summed E-state index contributed by atoms with van der Waals surface area (Å²) >= 11 is 5.89. The van der Waals surface area contributed by atoms with Crippen LogP contribution in [0.2, 0.25) is 5.02 Å². The van der Waals surface area contributed by atoms with Crippen molar-refractivity contribution in [1.82, 2.24) is 4.90 Å². The molecule has 1 fully saturated rings. The van der Waals surface area contributed by atoms with Crippen LogP contribution < -0.4 is 4.90 Å². The van der Waals surface area contributed by atoms with E-state index in [1.807, 2.05) is 29.2 Å². The molecule has 136 valence electrons. The van der Waals surface area contributed by atoms with Crippen LogP contribution in [0.1, 0.15) is 5.56 Å². The highest BCUT2D eigenvalue weighted by molar-refractivity contribution is 6.30. The van der Waals surface area contributed by atoms with Crippen LogP contribution in [-0.2, 0) is 6.54 Å². The van der Waals surface area contributed by atoms with Crippen LogP contribution in [-0.4, -0.2) is 40.9 Å². The zero-order valence-corrected chi connectivity index (χ0v) is 14.6. The van der Waals surface area contributed by atoms with Crippen LogP contribution >= 0.6 is 11.6 Å². The van der Waals surface area contributed by atoms with Crippen LogP contribution in [0, 0.1) is 20.2 Å². The Morgan fingerprint density at radius 3 is 2.15 bits per heavy atom. The highest BCUT2D eigenvalue weighted by Gasteiger charge is 2.26. The van der Waals surface area contributed by atoms with Gasteiger partial charge in [-0.15, -0.1) is 0 Å². The molecule has 0 unspecified atom stereocenters. The maximum absolute atomic E-state index is 11.3. The lowest BCUT2D eigenvalue weighted by Crippen LogP contribution is -2.46. The molecule has 8 nitrogen and oxygen atoms in total. The van der Waals surface area contributed by atoms with Gasteiger partial charge in [0.15, 0.2) is 0 Å². The fourth-order valence-corrected chi connectivity index (χ4v) is 3.16. The van der Waals surface area contributed by atoms with Crippen molar-refractivity contribution in [2.75, 3.05) is 31.1 Å². The largest absolute Gasteiger partial charge is 0.363 e. The highest BCUT2D eigenvalue weighted by Crippen LogP contribution is 2.32. The van der Waals surface area contributed by atoms with Crippen LogP contribution in [0.5, 0.6) is 0 Å². The summed E-state index contributed by atoms with van der Waals surface area (Å²) in [4.78, 5) is 25.1. The molecule has 1 aliphatic rings. The molecule has 1 saturated heterocycles. The predicted molar refractivity (Wildman–Crippen MR) is 98.7 cm³/mol. The number of hydrogen-bond acceptors (Lipinski definition) is 6. The number of nitro benzene ring substituents is 2. The average molecular weight is 377 g/mol. The van der Waals surface area contributed by atoms with Crippen molar-refractivity contribution >= 4 is 28.7 Å². The van der Waals surface area contributed by atoms with E-state index in [1.165, 1.54) is 12.1 Å². The third kappa shape index (κ3) is 4.09. The summed E-state index contributed by atoms with van der Waals surface area (Å²) in [6, 6.07) is 11.5. The normalized spacial score (nSPS) is 15.0. The smallest absolute Gasteiger partial charge is 0.299 e. The average Bonchev–Trinajstić information content (AvgIpc) is 2.63. The summed E-state index contributed by atoms with van der Waals surface area (Å²) in [5, 5.41) is 22.9. The molecule has 26 heavy (non-hydrogen) atoms. The first-order valence-electron chi connectivity index (χ1n) is 8.08. The molecule has 2 aromatic rings. The van der Waals surface area contributed by atoms with Crippen molar-refractivity contribution in [3.8, 4) is 0 Å². The molecule has 1 heterocycles. The summed E-state index contributed by atoms with van der Waals surface area (Å²) in [7, 11) is 0. The fraction of sp³-hybridized carbons (Fsp3) is 0.294. The molecular weight excluding hydrogens is 360 g/mol. The van der Waals surface area contributed by atoms with Gasteiger partial charge in [0.1, 0.15) is 5.69 Å². The quantitative estimate of drug-likeness (QED) is 0.586. The van der Waals surface area contributed by atoms with E-state index in [0.29, 0.717) is 23.8 Å². The number of rotatable bonds is 5. The lowest BCUT2D eigenvalue weighted by molar-refractivity contribution is -0.393. The topological polar surface area (TPSA) is 92.8 Å². The summed E-state index contributed by atoms with van der Waals surface area (Å²) in [6.07, 6.45) is 0. The van der Waals surface area contributed by atoms with Gasteiger partial charge < -0.3 is 4.90 Å². The fourth-order valence-electron chi connectivity index (χ4n) is 3.03. The lowest BCUT2D eigenvalue weighted by Gasteiger charge is -2.35. The number of piperazine rings is 1. The molecule has 0 atom stereocenters. The molecular formula is C17H17ClN4O4. The first kappa shape index (κ1) is 18.1. The number of anilines is 1. The van der Waals surface area contributed by atoms with Gasteiger partial charge in [0.2, 0.25) is 0 Å². The van der Waals surface area contributed by atoms with Gasteiger partial charge in [0.25, 0.3) is 11.4 Å². The molecule has 3 rings (SSSR count). The molecule has 0 spiro atoms. The molecule has 2 aromatic carbocycles. The van der Waals surface area contributed by atoms with Gasteiger partial charge in [-0.05, 0) is 23.8 Å². The van der Waals surface area contributed by atoms with Gasteiger partial charge in [0.05, 0.1) is 15.9 Å². The molecule has 9 heteroatoms. The van der Waals surface area contributed by atoms with Crippen LogP contribution in [0.4, 0.5) is 17.1 Å². The van der Waals surface area contributed by atoms with E-state index in [0.717, 1.165) is 31.3 Å². The number of halogens is 1. The Bertz CT molecular complexity index is 820. The lowest BCUT2D eigenvalue weighted by atomic mass is 10.1. The van der Waals surface area contributed by atoms with Crippen LogP contribution in [0.15, 0.2) is 42.5 Å². The van der Waals surface area contributed by atoms with E-state index in [4.69, 9.17) is 11.6 Å². The minimum atomic E-state index is -0.624. The minimum Gasteiger partial charge on any atom is -0.363 e. The SMILES string of the molecule is O=[N+]([O-])c1ccc(N2CCN(Cc3ccc(Cl)cc3)CC2)c([N+](=O)[O-])c1. The maximum atomic E-state index is 11.3. The van der Waals surface area contributed by atoms with Crippen molar-refractivity contribution in [1.29, 1.82) is 0 Å². The molecule has 0 saturated carbocycles. The molecule has 0 N–H and O–H groups in total. The molecule has 0 aromatic heterocycles. The van der Waals surface area contributed by atoms with E-state index < -0.39 is 9.85 Å². The Labute approximate surface area is 154 Å². The first-order valence-corrected chi connectivity index (χ1v) is 8.46. The van der Waals surface area contributed by atoms with Crippen LogP contribution in [0.25, 0.3) is 0 Å². The Morgan fingerprint density at radius 2 is 1.58 bits per heavy atom.